The highest BCUT2D eigenvalue weighted by atomic mass is 16.5. The first-order valence-electron chi connectivity index (χ1n) is 6.24. The molecule has 0 saturated carbocycles. The third-order valence-electron chi connectivity index (χ3n) is 3.50. The largest absolute Gasteiger partial charge is 0.496 e. The van der Waals surface area contributed by atoms with E-state index in [1.807, 2.05) is 6.07 Å². The Morgan fingerprint density at radius 3 is 2.18 bits per heavy atom. The fraction of sp³-hybridized carbons (Fsp3) is 0.600. The summed E-state index contributed by atoms with van der Waals surface area (Å²) in [5, 5.41) is 0. The van der Waals surface area contributed by atoms with Crippen LogP contribution in [0.25, 0.3) is 0 Å². The molecule has 0 heterocycles. The van der Waals surface area contributed by atoms with Crippen molar-refractivity contribution in [1.82, 2.24) is 0 Å². The molecular weight excluding hydrogens is 210 g/mol. The van der Waals surface area contributed by atoms with Crippen molar-refractivity contribution in [2.24, 2.45) is 5.73 Å². The van der Waals surface area contributed by atoms with E-state index in [0.29, 0.717) is 5.92 Å². The molecule has 17 heavy (non-hydrogen) atoms. The molecule has 0 aliphatic rings. The number of rotatable bonds is 4. The summed E-state index contributed by atoms with van der Waals surface area (Å²) in [5.74, 6) is 1.71. The maximum Gasteiger partial charge on any atom is 0.122 e. The van der Waals surface area contributed by atoms with Gasteiger partial charge in [-0.15, -0.1) is 0 Å². The van der Waals surface area contributed by atoms with Crippen LogP contribution in [0.3, 0.4) is 0 Å². The van der Waals surface area contributed by atoms with E-state index in [1.165, 1.54) is 11.1 Å². The fourth-order valence-corrected chi connectivity index (χ4v) is 1.85. The second-order valence-electron chi connectivity index (χ2n) is 5.70. The summed E-state index contributed by atoms with van der Waals surface area (Å²) < 4.78 is 5.44. The predicted octanol–water partition coefficient (Wildman–Crippen LogP) is 3.66. The molecule has 1 aromatic carbocycles. The van der Waals surface area contributed by atoms with Gasteiger partial charge in [-0.05, 0) is 37.0 Å². The molecule has 0 spiro atoms. The molecule has 0 radical (unpaired) electrons. The molecule has 1 unspecified atom stereocenters. The minimum absolute atomic E-state index is 0.247. The van der Waals surface area contributed by atoms with Crippen molar-refractivity contribution in [2.45, 2.75) is 52.0 Å². The topological polar surface area (TPSA) is 35.2 Å². The number of hydrogen-bond donors (Lipinski definition) is 1. The van der Waals surface area contributed by atoms with Crippen LogP contribution < -0.4 is 10.5 Å². The van der Waals surface area contributed by atoms with Crippen LogP contribution in [0.15, 0.2) is 18.2 Å². The number of hydrogen-bond acceptors (Lipinski definition) is 2. The zero-order chi connectivity index (χ0) is 13.2. The molecule has 1 atom stereocenters. The van der Waals surface area contributed by atoms with E-state index >= 15 is 0 Å². The van der Waals surface area contributed by atoms with E-state index in [1.54, 1.807) is 7.11 Å². The number of ether oxygens (including phenoxy) is 1. The molecule has 96 valence electrons. The molecule has 0 fully saturated rings. The van der Waals surface area contributed by atoms with Crippen molar-refractivity contribution in [3.8, 4) is 5.75 Å². The molecule has 0 saturated heterocycles. The van der Waals surface area contributed by atoms with Crippen LogP contribution in [-0.2, 0) is 0 Å². The highest BCUT2D eigenvalue weighted by molar-refractivity contribution is 5.41. The highest BCUT2D eigenvalue weighted by Crippen LogP contribution is 2.34. The Bertz CT molecular complexity index is 377. The first-order chi connectivity index (χ1) is 7.77. The second kappa shape index (κ2) is 5.09. The lowest BCUT2D eigenvalue weighted by Gasteiger charge is -2.29. The van der Waals surface area contributed by atoms with Crippen LogP contribution in [0.4, 0.5) is 0 Å². The van der Waals surface area contributed by atoms with E-state index in [-0.39, 0.29) is 11.5 Å². The van der Waals surface area contributed by atoms with E-state index in [4.69, 9.17) is 10.5 Å². The van der Waals surface area contributed by atoms with Crippen LogP contribution in [0.5, 0.6) is 5.75 Å². The zero-order valence-electron chi connectivity index (χ0n) is 11.9. The molecule has 1 aromatic rings. The third-order valence-corrected chi connectivity index (χ3v) is 3.50. The highest BCUT2D eigenvalue weighted by Gasteiger charge is 2.25. The van der Waals surface area contributed by atoms with Gasteiger partial charge in [0.25, 0.3) is 0 Å². The van der Waals surface area contributed by atoms with Crippen molar-refractivity contribution in [1.29, 1.82) is 0 Å². The molecule has 0 aliphatic carbocycles. The normalized spacial score (nSPS) is 13.9. The smallest absolute Gasteiger partial charge is 0.122 e. The molecule has 0 aromatic heterocycles. The van der Waals surface area contributed by atoms with Gasteiger partial charge in [-0.3, -0.25) is 0 Å². The molecule has 0 amide bonds. The fourth-order valence-electron chi connectivity index (χ4n) is 1.85. The maximum atomic E-state index is 6.21. The van der Waals surface area contributed by atoms with Gasteiger partial charge in [-0.1, -0.05) is 32.9 Å². The summed E-state index contributed by atoms with van der Waals surface area (Å²) in [6.07, 6.45) is 0. The molecule has 2 N–H and O–H groups in total. The molecule has 2 heteroatoms. The lowest BCUT2D eigenvalue weighted by Crippen LogP contribution is -2.38. The van der Waals surface area contributed by atoms with Crippen LogP contribution in [0, 0.1) is 0 Å². The van der Waals surface area contributed by atoms with Crippen molar-refractivity contribution in [3.63, 3.8) is 0 Å². The van der Waals surface area contributed by atoms with E-state index < -0.39 is 0 Å². The summed E-state index contributed by atoms with van der Waals surface area (Å²) in [6.45, 7) is 10.7. The summed E-state index contributed by atoms with van der Waals surface area (Å²) in [6, 6.07) is 6.40. The Morgan fingerprint density at radius 2 is 1.76 bits per heavy atom. The number of benzene rings is 1. The minimum Gasteiger partial charge on any atom is -0.496 e. The van der Waals surface area contributed by atoms with Crippen molar-refractivity contribution >= 4 is 0 Å². The van der Waals surface area contributed by atoms with Gasteiger partial charge in [0.15, 0.2) is 0 Å². The van der Waals surface area contributed by atoms with Gasteiger partial charge in [0, 0.05) is 11.5 Å². The molecule has 0 bridgehead atoms. The van der Waals surface area contributed by atoms with E-state index in [0.717, 1.165) is 5.75 Å². The van der Waals surface area contributed by atoms with Gasteiger partial charge in [0.05, 0.1) is 7.11 Å². The lowest BCUT2D eigenvalue weighted by molar-refractivity contribution is 0.383. The molecular formula is C15H25NO. The lowest BCUT2D eigenvalue weighted by atomic mass is 9.82. The van der Waals surface area contributed by atoms with Crippen LogP contribution in [0.1, 0.15) is 57.6 Å². The average molecular weight is 235 g/mol. The number of methoxy groups -OCH3 is 1. The molecule has 1 rings (SSSR count). The zero-order valence-corrected chi connectivity index (χ0v) is 11.9. The summed E-state index contributed by atoms with van der Waals surface area (Å²) in [4.78, 5) is 0. The Balaban J connectivity index is 3.23. The monoisotopic (exact) mass is 235 g/mol. The van der Waals surface area contributed by atoms with Crippen molar-refractivity contribution in [3.05, 3.63) is 29.3 Å². The van der Waals surface area contributed by atoms with E-state index in [9.17, 15) is 0 Å². The van der Waals surface area contributed by atoms with Gasteiger partial charge in [0.1, 0.15) is 5.75 Å². The quantitative estimate of drug-likeness (QED) is 0.864. The Morgan fingerprint density at radius 1 is 1.18 bits per heavy atom. The first kappa shape index (κ1) is 14.0. The minimum atomic E-state index is -0.247. The summed E-state index contributed by atoms with van der Waals surface area (Å²) in [7, 11) is 1.71. The molecule has 0 aliphatic heterocycles. The van der Waals surface area contributed by atoms with Crippen LogP contribution in [-0.4, -0.2) is 12.6 Å². The number of nitrogens with two attached hydrogens (primary N) is 1. The van der Waals surface area contributed by atoms with Crippen LogP contribution >= 0.6 is 0 Å². The summed E-state index contributed by atoms with van der Waals surface area (Å²) in [5.41, 5.74) is 8.49. The SMILES string of the molecule is COc1ccc(C(C)C)cc1C(C)C(C)(C)N. The third kappa shape index (κ3) is 3.22. The van der Waals surface area contributed by atoms with E-state index in [2.05, 4.69) is 46.8 Å². The Hall–Kier alpha value is -1.02. The van der Waals surface area contributed by atoms with Crippen molar-refractivity contribution in [2.75, 3.05) is 7.11 Å². The molecule has 2 nitrogen and oxygen atoms in total. The van der Waals surface area contributed by atoms with Crippen LogP contribution in [0.2, 0.25) is 0 Å². The van der Waals surface area contributed by atoms with Gasteiger partial charge < -0.3 is 10.5 Å². The maximum absolute atomic E-state index is 6.21. The van der Waals surface area contributed by atoms with Crippen molar-refractivity contribution < 1.29 is 4.74 Å². The predicted molar refractivity (Wildman–Crippen MR) is 73.8 cm³/mol. The van der Waals surface area contributed by atoms with Gasteiger partial charge in [0.2, 0.25) is 0 Å². The first-order valence-corrected chi connectivity index (χ1v) is 6.24. The second-order valence-corrected chi connectivity index (χ2v) is 5.70. The van der Waals surface area contributed by atoms with Gasteiger partial charge in [-0.25, -0.2) is 0 Å². The Labute approximate surface area is 105 Å². The standard InChI is InChI=1S/C15H25NO/c1-10(2)12-7-8-14(17-6)13(9-12)11(3)15(4,5)16/h7-11H,16H2,1-6H3. The Kier molecular flexibility index (Phi) is 4.21. The van der Waals surface area contributed by atoms with Gasteiger partial charge >= 0.3 is 0 Å². The van der Waals surface area contributed by atoms with Gasteiger partial charge in [-0.2, -0.15) is 0 Å². The average Bonchev–Trinajstić information content (AvgIpc) is 2.25. The summed E-state index contributed by atoms with van der Waals surface area (Å²) >= 11 is 0.